The van der Waals surface area contributed by atoms with E-state index in [9.17, 15) is 46.6 Å². The lowest BCUT2D eigenvalue weighted by Gasteiger charge is -2.16. The maximum absolute atomic E-state index is 12.9. The molecule has 458 valence electrons. The summed E-state index contributed by atoms with van der Waals surface area (Å²) < 4.78 is 75.1. The number of para-hydroxylation sites is 3. The van der Waals surface area contributed by atoms with Crippen LogP contribution in [-0.2, 0) is 6.18 Å². The van der Waals surface area contributed by atoms with Gasteiger partial charge in [0.25, 0.3) is 11.4 Å². The average molecular weight is 1170 g/mol. The lowest BCUT2D eigenvalue weighted by molar-refractivity contribution is -0.384. The minimum absolute atomic E-state index is 0.0153. The smallest absolute Gasteiger partial charge is 0.383 e. The molecule has 7 rings (SSSR count). The summed E-state index contributed by atoms with van der Waals surface area (Å²) in [7, 11) is 0. The van der Waals surface area contributed by atoms with Crippen molar-refractivity contribution < 1.29 is 36.2 Å². The standard InChI is InChI=1S/C10H12F3N.2C10H15N.C9H11F2N.C9H12FN.C9H12N2O2.C9H11NO2/c1-7(2)14-9-6-4-3-5-8(9)10(11,12)13;1-8(2)11-10-6-4-9(3)5-7-10;1-8(2)11-10-6-4-5-9(3)7-10;1-6(2)12-9-4-3-7(10)5-8(9)11;1-7(2)11-9-5-3-8(10)4-6-9;1-7(2)10-8-5-3-4-6-9(8)11(12)13;1-7(2)8-3-5-9(6-4-8)10(11)12/h3-7,14H,1-2H3;2*4-8,11H,1-3H3;3-6,12H,1-2H3;3-7,11H,1-2H3;3-7,10H,1-2H3;3-7H,1-2H3. The third-order valence-electron chi connectivity index (χ3n) is 10.6. The van der Waals surface area contributed by atoms with Gasteiger partial charge in [0.15, 0.2) is 0 Å². The maximum atomic E-state index is 12.9. The van der Waals surface area contributed by atoms with E-state index in [1.165, 1.54) is 77.1 Å². The Kier molecular flexibility index (Phi) is 33.8. The van der Waals surface area contributed by atoms with E-state index < -0.39 is 23.4 Å². The van der Waals surface area contributed by atoms with Gasteiger partial charge in [0.2, 0.25) is 0 Å². The van der Waals surface area contributed by atoms with Gasteiger partial charge in [0.05, 0.1) is 21.1 Å². The quantitative estimate of drug-likeness (QED) is 0.0332. The molecule has 12 nitrogen and oxygen atoms in total. The SMILES string of the molecule is CC(C)Nc1ccc(F)cc1.CC(C)Nc1ccc(F)cc1F.CC(C)Nc1ccccc1C(F)(F)F.CC(C)Nc1ccccc1[N+](=O)[O-].CC(C)c1ccc([N+](=O)[O-])cc1.Cc1ccc(NC(C)C)cc1.Cc1cccc(NC(C)C)c1. The second-order valence-electron chi connectivity index (χ2n) is 21.5. The van der Waals surface area contributed by atoms with Crippen molar-refractivity contribution in [3.05, 3.63) is 224 Å². The number of benzene rings is 7. The zero-order valence-corrected chi connectivity index (χ0v) is 51.4. The molecule has 18 heteroatoms. The predicted molar refractivity (Wildman–Crippen MR) is 339 cm³/mol. The molecule has 0 aromatic heterocycles. The van der Waals surface area contributed by atoms with Crippen LogP contribution in [0.15, 0.2) is 164 Å². The number of halogens is 6. The van der Waals surface area contributed by atoms with Crippen molar-refractivity contribution in [2.24, 2.45) is 0 Å². The monoisotopic (exact) mass is 1170 g/mol. The number of aryl methyl sites for hydroxylation is 2. The second kappa shape index (κ2) is 38.5. The van der Waals surface area contributed by atoms with Gasteiger partial charge in [-0.25, -0.2) is 13.2 Å². The van der Waals surface area contributed by atoms with Gasteiger partial charge < -0.3 is 31.9 Å². The zero-order chi connectivity index (χ0) is 63.7. The molecule has 0 unspecified atom stereocenters. The van der Waals surface area contributed by atoms with Crippen LogP contribution in [0.1, 0.15) is 125 Å². The fraction of sp³-hybridized carbons (Fsp3) is 0.364. The number of anilines is 6. The molecule has 0 radical (unpaired) electrons. The number of nitro benzene ring substituents is 2. The molecule has 0 heterocycles. The van der Waals surface area contributed by atoms with Gasteiger partial charge in [-0.05, 0) is 193 Å². The maximum Gasteiger partial charge on any atom is 0.418 e. The van der Waals surface area contributed by atoms with Gasteiger partial charge in [0.1, 0.15) is 23.1 Å². The number of hydrogen-bond acceptors (Lipinski definition) is 10. The summed E-state index contributed by atoms with van der Waals surface area (Å²) in [5, 5.41) is 39.3. The first kappa shape index (κ1) is 73.7. The molecule has 0 aliphatic rings. The van der Waals surface area contributed by atoms with Crippen molar-refractivity contribution in [1.82, 2.24) is 0 Å². The molecule has 7 aromatic carbocycles. The molecular formula is C66H88F6N8O4. The first-order chi connectivity index (χ1) is 39.3. The fourth-order valence-corrected chi connectivity index (χ4v) is 7.06. The van der Waals surface area contributed by atoms with Gasteiger partial charge in [-0.1, -0.05) is 80.1 Å². The van der Waals surface area contributed by atoms with Gasteiger partial charge in [-0.15, -0.1) is 0 Å². The van der Waals surface area contributed by atoms with Crippen molar-refractivity contribution in [2.45, 2.75) is 159 Å². The Morgan fingerprint density at radius 2 is 0.821 bits per heavy atom. The van der Waals surface area contributed by atoms with Crippen molar-refractivity contribution >= 4 is 45.5 Å². The molecule has 84 heavy (non-hydrogen) atoms. The van der Waals surface area contributed by atoms with E-state index in [-0.39, 0.29) is 50.9 Å². The first-order valence-electron chi connectivity index (χ1n) is 27.8. The number of nitrogens with one attached hydrogen (secondary N) is 6. The Morgan fingerprint density at radius 1 is 0.393 bits per heavy atom. The summed E-state index contributed by atoms with van der Waals surface area (Å²) in [5.74, 6) is -0.879. The Hall–Kier alpha value is -8.28. The molecule has 6 N–H and O–H groups in total. The Bertz CT molecular complexity index is 2900. The Morgan fingerprint density at radius 3 is 1.26 bits per heavy atom. The third kappa shape index (κ3) is 33.0. The van der Waals surface area contributed by atoms with Gasteiger partial charge >= 0.3 is 6.18 Å². The highest BCUT2D eigenvalue weighted by atomic mass is 19.4. The number of alkyl halides is 3. The summed E-state index contributed by atoms with van der Waals surface area (Å²) in [6.45, 7) is 32.2. The van der Waals surface area contributed by atoms with Crippen molar-refractivity contribution in [1.29, 1.82) is 0 Å². The van der Waals surface area contributed by atoms with E-state index in [2.05, 4.69) is 136 Å². The highest BCUT2D eigenvalue weighted by Gasteiger charge is 2.33. The Balaban J connectivity index is 0.000000491. The van der Waals surface area contributed by atoms with E-state index in [0.29, 0.717) is 35.4 Å². The number of rotatable bonds is 15. The molecule has 0 saturated heterocycles. The molecular weight excluding hydrogens is 1080 g/mol. The molecule has 0 spiro atoms. The first-order valence-corrected chi connectivity index (χ1v) is 27.8. The van der Waals surface area contributed by atoms with Crippen molar-refractivity contribution in [3.8, 4) is 0 Å². The lowest BCUT2D eigenvalue weighted by atomic mass is 10.0. The van der Waals surface area contributed by atoms with E-state index in [1.54, 1.807) is 62.4 Å². The summed E-state index contributed by atoms with van der Waals surface area (Å²) in [6.07, 6.45) is -4.29. The molecule has 0 fully saturated rings. The number of nitro groups is 2. The molecule has 0 amide bonds. The summed E-state index contributed by atoms with van der Waals surface area (Å²) in [4.78, 5) is 20.1. The topological polar surface area (TPSA) is 158 Å². The van der Waals surface area contributed by atoms with Crippen molar-refractivity contribution in [3.63, 3.8) is 0 Å². The van der Waals surface area contributed by atoms with Gasteiger partial charge in [0, 0.05) is 83.3 Å². The molecule has 0 bridgehead atoms. The van der Waals surface area contributed by atoms with Crippen LogP contribution < -0.4 is 31.9 Å². The number of hydrogen-bond donors (Lipinski definition) is 6. The van der Waals surface area contributed by atoms with Crippen LogP contribution in [0, 0.1) is 51.5 Å². The number of nitrogens with zero attached hydrogens (tertiary/aromatic N) is 2. The predicted octanol–water partition coefficient (Wildman–Crippen LogP) is 19.7. The minimum atomic E-state index is -4.29. The van der Waals surface area contributed by atoms with E-state index in [0.717, 1.165) is 23.4 Å². The third-order valence-corrected chi connectivity index (χ3v) is 10.6. The Labute approximate surface area is 494 Å². The van der Waals surface area contributed by atoms with Crippen molar-refractivity contribution in [2.75, 3.05) is 31.9 Å². The van der Waals surface area contributed by atoms with E-state index >= 15 is 0 Å². The molecule has 0 aliphatic carbocycles. The molecule has 7 aromatic rings. The van der Waals surface area contributed by atoms with E-state index in [4.69, 9.17) is 0 Å². The fourth-order valence-electron chi connectivity index (χ4n) is 7.06. The van der Waals surface area contributed by atoms with Crippen LogP contribution in [0.2, 0.25) is 0 Å². The van der Waals surface area contributed by atoms with Gasteiger partial charge in [-0.2, -0.15) is 13.2 Å². The van der Waals surface area contributed by atoms with E-state index in [1.807, 2.05) is 41.5 Å². The number of non-ortho nitro benzene ring substituents is 1. The molecule has 0 saturated carbocycles. The summed E-state index contributed by atoms with van der Waals surface area (Å²) in [6, 6.07) is 47.2. The lowest BCUT2D eigenvalue weighted by Crippen LogP contribution is -2.15. The minimum Gasteiger partial charge on any atom is -0.383 e. The largest absolute Gasteiger partial charge is 0.418 e. The summed E-state index contributed by atoms with van der Waals surface area (Å²) >= 11 is 0. The van der Waals surface area contributed by atoms with Crippen LogP contribution in [0.5, 0.6) is 0 Å². The second-order valence-corrected chi connectivity index (χ2v) is 21.5. The highest BCUT2D eigenvalue weighted by molar-refractivity contribution is 5.61. The average Bonchev–Trinajstić information content (AvgIpc) is 3.42. The van der Waals surface area contributed by atoms with Crippen LogP contribution in [0.25, 0.3) is 0 Å². The van der Waals surface area contributed by atoms with Crippen LogP contribution in [0.3, 0.4) is 0 Å². The highest BCUT2D eigenvalue weighted by Crippen LogP contribution is 2.35. The normalized spacial score (nSPS) is 10.5. The van der Waals surface area contributed by atoms with Crippen LogP contribution >= 0.6 is 0 Å². The van der Waals surface area contributed by atoms with Gasteiger partial charge in [-0.3, -0.25) is 20.2 Å². The molecule has 0 aliphatic heterocycles. The van der Waals surface area contributed by atoms with Crippen LogP contribution in [0.4, 0.5) is 71.8 Å². The zero-order valence-electron chi connectivity index (χ0n) is 51.4. The molecule has 0 atom stereocenters. The van der Waals surface area contributed by atoms with Crippen LogP contribution in [-0.4, -0.2) is 46.1 Å². The summed E-state index contributed by atoms with van der Waals surface area (Å²) in [5.41, 5.74) is 7.80.